The molecule has 0 atom stereocenters. The average Bonchev–Trinajstić information content (AvgIpc) is 2.89. The Labute approximate surface area is 165 Å². The third-order valence-electron chi connectivity index (χ3n) is 3.40. The number of benzene rings is 1. The summed E-state index contributed by atoms with van der Waals surface area (Å²) in [4.78, 5) is 30.5. The number of likely N-dealkylation sites (N-methyl/N-ethyl adjacent to an activating group) is 1. The number of hydrogen-bond donors (Lipinski definition) is 0. The van der Waals surface area contributed by atoms with E-state index in [1.165, 1.54) is 11.8 Å². The smallest absolute Gasteiger partial charge is 0.344 e. The maximum Gasteiger partial charge on any atom is 0.344 e. The number of halogens is 1. The van der Waals surface area contributed by atoms with Crippen LogP contribution in [0.4, 0.5) is 0 Å². The van der Waals surface area contributed by atoms with E-state index in [9.17, 15) is 9.59 Å². The van der Waals surface area contributed by atoms with Gasteiger partial charge in [-0.05, 0) is 72.2 Å². The molecule has 1 saturated heterocycles. The summed E-state index contributed by atoms with van der Waals surface area (Å²) < 4.78 is 11.0. The monoisotopic (exact) mass is 440 g/mol. The fraction of sp³-hybridized carbons (Fsp3) is 0.389. The van der Waals surface area contributed by atoms with Gasteiger partial charge in [-0.15, -0.1) is 0 Å². The highest BCUT2D eigenvalue weighted by Gasteiger charge is 2.31. The van der Waals surface area contributed by atoms with Crippen LogP contribution < -0.4 is 4.74 Å². The molecule has 1 aromatic rings. The Kier molecular flexibility index (Phi) is 7.71. The lowest BCUT2D eigenvalue weighted by molar-refractivity contribution is -0.145. The molecule has 0 unspecified atom stereocenters. The zero-order chi connectivity index (χ0) is 19.1. The van der Waals surface area contributed by atoms with Crippen LogP contribution in [-0.4, -0.2) is 48.2 Å². The molecule has 140 valence electrons. The second kappa shape index (κ2) is 9.78. The van der Waals surface area contributed by atoms with E-state index in [2.05, 4.69) is 20.9 Å². The minimum Gasteiger partial charge on any atom is -0.481 e. The number of carbonyl (C=O) groups is 2. The Morgan fingerprint density at radius 3 is 2.73 bits per heavy atom. The van der Waals surface area contributed by atoms with Crippen molar-refractivity contribution in [3.05, 3.63) is 33.1 Å². The molecule has 0 bridgehead atoms. The third kappa shape index (κ3) is 5.11. The van der Waals surface area contributed by atoms with E-state index >= 15 is 0 Å². The Hall–Kier alpha value is -1.80. The largest absolute Gasteiger partial charge is 0.481 e. The number of aliphatic imine (C=N–C) groups is 1. The van der Waals surface area contributed by atoms with Gasteiger partial charge in [0.15, 0.2) is 11.8 Å². The van der Waals surface area contributed by atoms with E-state index in [0.717, 1.165) is 10.7 Å². The number of carbonyl (C=O) groups excluding carboxylic acids is 2. The van der Waals surface area contributed by atoms with E-state index in [0.29, 0.717) is 34.8 Å². The number of amides is 1. The Balaban J connectivity index is 2.14. The SMILES string of the molecule is CCN=C1S/C(=C/c2ccc(OCC(=O)OCC)c(Br)c2)C(=O)N1CC. The highest BCUT2D eigenvalue weighted by molar-refractivity contribution is 9.10. The summed E-state index contributed by atoms with van der Waals surface area (Å²) in [6.07, 6.45) is 1.83. The summed E-state index contributed by atoms with van der Waals surface area (Å²) in [5, 5.41) is 0.736. The number of ether oxygens (including phenoxy) is 2. The summed E-state index contributed by atoms with van der Waals surface area (Å²) in [6, 6.07) is 5.42. The number of rotatable bonds is 7. The Morgan fingerprint density at radius 1 is 1.35 bits per heavy atom. The molecule has 1 aromatic carbocycles. The topological polar surface area (TPSA) is 68.2 Å². The Bertz CT molecular complexity index is 749. The van der Waals surface area contributed by atoms with Crippen molar-refractivity contribution in [2.24, 2.45) is 4.99 Å². The lowest BCUT2D eigenvalue weighted by atomic mass is 10.2. The van der Waals surface area contributed by atoms with Crippen molar-refractivity contribution in [3.63, 3.8) is 0 Å². The van der Waals surface area contributed by atoms with Crippen LogP contribution in [0.15, 0.2) is 32.6 Å². The van der Waals surface area contributed by atoms with Crippen LogP contribution in [0.2, 0.25) is 0 Å². The number of nitrogens with zero attached hydrogens (tertiary/aromatic N) is 2. The van der Waals surface area contributed by atoms with Crippen molar-refractivity contribution in [2.45, 2.75) is 20.8 Å². The first-order chi connectivity index (χ1) is 12.5. The molecule has 0 spiro atoms. The van der Waals surface area contributed by atoms with Gasteiger partial charge < -0.3 is 9.47 Å². The van der Waals surface area contributed by atoms with E-state index in [1.54, 1.807) is 17.9 Å². The predicted octanol–water partition coefficient (Wildman–Crippen LogP) is 3.70. The summed E-state index contributed by atoms with van der Waals surface area (Å²) in [6.45, 7) is 7.01. The minimum absolute atomic E-state index is 0.0385. The standard InChI is InChI=1S/C18H21BrN2O4S/c1-4-20-18-21(5-2)17(23)15(26-18)10-12-7-8-14(13(19)9-12)25-11-16(22)24-6-3/h7-10H,4-6,11H2,1-3H3/b15-10+,20-18?. The van der Waals surface area contributed by atoms with E-state index in [-0.39, 0.29) is 12.5 Å². The average molecular weight is 441 g/mol. The van der Waals surface area contributed by atoms with Gasteiger partial charge in [-0.2, -0.15) is 0 Å². The second-order valence-corrected chi connectivity index (χ2v) is 7.06. The van der Waals surface area contributed by atoms with Gasteiger partial charge >= 0.3 is 5.97 Å². The van der Waals surface area contributed by atoms with Crippen LogP contribution in [0.25, 0.3) is 6.08 Å². The zero-order valence-corrected chi connectivity index (χ0v) is 17.4. The van der Waals surface area contributed by atoms with Crippen molar-refractivity contribution >= 4 is 50.8 Å². The van der Waals surface area contributed by atoms with Crippen LogP contribution in [-0.2, 0) is 14.3 Å². The third-order valence-corrected chi connectivity index (χ3v) is 5.07. The molecule has 8 heteroatoms. The molecule has 1 heterocycles. The first-order valence-corrected chi connectivity index (χ1v) is 9.94. The first-order valence-electron chi connectivity index (χ1n) is 8.33. The zero-order valence-electron chi connectivity index (χ0n) is 15.0. The molecule has 1 amide bonds. The van der Waals surface area contributed by atoms with Crippen LogP contribution in [0.5, 0.6) is 5.75 Å². The molecule has 0 aliphatic carbocycles. The van der Waals surface area contributed by atoms with Gasteiger partial charge in [0.1, 0.15) is 5.75 Å². The van der Waals surface area contributed by atoms with Gasteiger partial charge in [-0.3, -0.25) is 14.7 Å². The number of thioether (sulfide) groups is 1. The van der Waals surface area contributed by atoms with Crippen LogP contribution in [0.1, 0.15) is 26.3 Å². The highest BCUT2D eigenvalue weighted by atomic mass is 79.9. The van der Waals surface area contributed by atoms with Crippen molar-refractivity contribution in [1.82, 2.24) is 4.90 Å². The van der Waals surface area contributed by atoms with Crippen molar-refractivity contribution in [3.8, 4) is 5.75 Å². The highest BCUT2D eigenvalue weighted by Crippen LogP contribution is 2.34. The lowest BCUT2D eigenvalue weighted by Gasteiger charge is -2.11. The molecule has 0 radical (unpaired) electrons. The summed E-state index contributed by atoms with van der Waals surface area (Å²) >= 11 is 4.81. The van der Waals surface area contributed by atoms with Crippen LogP contribution in [0.3, 0.4) is 0 Å². The summed E-state index contributed by atoms with van der Waals surface area (Å²) in [7, 11) is 0. The molecule has 0 N–H and O–H groups in total. The molecular formula is C18H21BrN2O4S. The Morgan fingerprint density at radius 2 is 2.12 bits per heavy atom. The van der Waals surface area contributed by atoms with E-state index in [4.69, 9.17) is 9.47 Å². The van der Waals surface area contributed by atoms with Crippen molar-refractivity contribution in [2.75, 3.05) is 26.3 Å². The van der Waals surface area contributed by atoms with Gasteiger partial charge in [0.2, 0.25) is 0 Å². The van der Waals surface area contributed by atoms with Crippen molar-refractivity contribution < 1.29 is 19.1 Å². The van der Waals surface area contributed by atoms with Gasteiger partial charge in [0, 0.05) is 13.1 Å². The molecule has 6 nitrogen and oxygen atoms in total. The first kappa shape index (κ1) is 20.5. The number of esters is 1. The van der Waals surface area contributed by atoms with Gasteiger partial charge in [-0.25, -0.2) is 4.79 Å². The molecular weight excluding hydrogens is 420 g/mol. The molecule has 1 fully saturated rings. The van der Waals surface area contributed by atoms with E-state index in [1.807, 2.05) is 32.1 Å². The van der Waals surface area contributed by atoms with Crippen LogP contribution >= 0.6 is 27.7 Å². The van der Waals surface area contributed by atoms with Crippen molar-refractivity contribution in [1.29, 1.82) is 0 Å². The summed E-state index contributed by atoms with van der Waals surface area (Å²) in [5.74, 6) is 0.0819. The molecule has 0 aromatic heterocycles. The molecule has 0 saturated carbocycles. The molecule has 1 aliphatic rings. The van der Waals surface area contributed by atoms with E-state index < -0.39 is 5.97 Å². The maximum atomic E-state index is 12.5. The molecule has 26 heavy (non-hydrogen) atoms. The van der Waals surface area contributed by atoms with Crippen LogP contribution in [0, 0.1) is 0 Å². The summed E-state index contributed by atoms with van der Waals surface area (Å²) in [5.41, 5.74) is 0.852. The van der Waals surface area contributed by atoms with Gasteiger partial charge in [0.25, 0.3) is 5.91 Å². The minimum atomic E-state index is -0.416. The van der Waals surface area contributed by atoms with Gasteiger partial charge in [-0.1, -0.05) is 6.07 Å². The maximum absolute atomic E-state index is 12.5. The fourth-order valence-electron chi connectivity index (χ4n) is 2.25. The number of amidine groups is 1. The lowest BCUT2D eigenvalue weighted by Crippen LogP contribution is -2.28. The quantitative estimate of drug-likeness (QED) is 0.477. The predicted molar refractivity (Wildman–Crippen MR) is 107 cm³/mol. The molecule has 2 rings (SSSR count). The second-order valence-electron chi connectivity index (χ2n) is 5.20. The number of hydrogen-bond acceptors (Lipinski definition) is 6. The van der Waals surface area contributed by atoms with Gasteiger partial charge in [0.05, 0.1) is 16.0 Å². The molecule has 1 aliphatic heterocycles. The normalized spacial score (nSPS) is 17.2. The fourth-order valence-corrected chi connectivity index (χ4v) is 3.87.